The summed E-state index contributed by atoms with van der Waals surface area (Å²) in [4.78, 5) is 30.6. The molecule has 1 N–H and O–H groups in total. The van der Waals surface area contributed by atoms with Gasteiger partial charge in [0.15, 0.2) is 0 Å². The van der Waals surface area contributed by atoms with E-state index in [2.05, 4.69) is 4.98 Å². The minimum absolute atomic E-state index is 0.260. The number of carbonyl (C=O) groups is 2. The first-order valence-electron chi connectivity index (χ1n) is 8.38. The second kappa shape index (κ2) is 8.93. The highest BCUT2D eigenvalue weighted by atomic mass is 32.2. The molecule has 2 heterocycles. The van der Waals surface area contributed by atoms with Gasteiger partial charge in [-0.05, 0) is 48.8 Å². The predicted molar refractivity (Wildman–Crippen MR) is 118 cm³/mol. The van der Waals surface area contributed by atoms with Gasteiger partial charge in [0, 0.05) is 5.39 Å². The number of benzene rings is 1. The summed E-state index contributed by atoms with van der Waals surface area (Å²) in [5.41, 5.74) is 1.38. The fourth-order valence-electron chi connectivity index (χ4n) is 2.80. The fourth-order valence-corrected chi connectivity index (χ4v) is 4.60. The second-order valence-corrected chi connectivity index (χ2v) is 8.64. The third kappa shape index (κ3) is 4.31. The van der Waals surface area contributed by atoms with E-state index < -0.39 is 12.0 Å². The fraction of sp³-hybridized carbons (Fsp3) is 0.263. The number of thiocarbonyl (C=S) groups is 1. The number of methoxy groups -OCH3 is 1. The molecule has 0 aliphatic carbocycles. The van der Waals surface area contributed by atoms with Crippen LogP contribution in [0, 0.1) is 0 Å². The Morgan fingerprint density at radius 2 is 2.21 bits per heavy atom. The van der Waals surface area contributed by atoms with Crippen LogP contribution in [0.3, 0.4) is 0 Å². The molecule has 3 rings (SSSR count). The van der Waals surface area contributed by atoms with Gasteiger partial charge in [-0.3, -0.25) is 9.69 Å². The number of fused-ring (bicyclic) bond motifs is 1. The third-order valence-electron chi connectivity index (χ3n) is 4.21. The molecule has 1 aliphatic heterocycles. The van der Waals surface area contributed by atoms with Crippen molar-refractivity contribution in [2.45, 2.75) is 12.5 Å². The molecule has 1 aliphatic rings. The molecular weight excluding hydrogens is 416 g/mol. The predicted octanol–water partition coefficient (Wildman–Crippen LogP) is 3.65. The molecule has 0 radical (unpaired) electrons. The van der Waals surface area contributed by atoms with Crippen LogP contribution in [0.1, 0.15) is 12.1 Å². The normalized spacial score (nSPS) is 16.8. The van der Waals surface area contributed by atoms with Gasteiger partial charge in [0.2, 0.25) is 0 Å². The zero-order chi connectivity index (χ0) is 20.3. The molecule has 146 valence electrons. The molecular formula is C19H18N2O4S3. The number of aromatic nitrogens is 1. The molecule has 0 unspecified atom stereocenters. The number of nitrogens with zero attached hydrogens (tertiary/aromatic N) is 2. The summed E-state index contributed by atoms with van der Waals surface area (Å²) < 4.78 is 5.47. The molecule has 0 saturated carbocycles. The zero-order valence-corrected chi connectivity index (χ0v) is 17.7. The Kier molecular flexibility index (Phi) is 6.58. The van der Waals surface area contributed by atoms with E-state index in [4.69, 9.17) is 17.0 Å². The highest BCUT2D eigenvalue weighted by molar-refractivity contribution is 8.26. The molecule has 1 saturated heterocycles. The lowest BCUT2D eigenvalue weighted by molar-refractivity contribution is -0.145. The van der Waals surface area contributed by atoms with Crippen molar-refractivity contribution in [1.82, 2.24) is 9.88 Å². The van der Waals surface area contributed by atoms with Gasteiger partial charge in [-0.2, -0.15) is 11.8 Å². The summed E-state index contributed by atoms with van der Waals surface area (Å²) in [6.07, 6.45) is 3.88. The van der Waals surface area contributed by atoms with Crippen LogP contribution in [0.15, 0.2) is 35.2 Å². The van der Waals surface area contributed by atoms with Crippen molar-refractivity contribution in [3.05, 3.63) is 40.9 Å². The van der Waals surface area contributed by atoms with Crippen molar-refractivity contribution in [3.8, 4) is 5.75 Å². The third-order valence-corrected chi connectivity index (χ3v) is 6.19. The average molecular weight is 435 g/mol. The lowest BCUT2D eigenvalue weighted by Gasteiger charge is -2.22. The lowest BCUT2D eigenvalue weighted by atomic mass is 10.1. The van der Waals surface area contributed by atoms with Crippen molar-refractivity contribution in [3.63, 3.8) is 0 Å². The molecule has 6 nitrogen and oxygen atoms in total. The summed E-state index contributed by atoms with van der Waals surface area (Å²) in [6.45, 7) is 0. The van der Waals surface area contributed by atoms with Crippen LogP contribution in [0.2, 0.25) is 0 Å². The van der Waals surface area contributed by atoms with Crippen LogP contribution in [-0.4, -0.2) is 56.3 Å². The van der Waals surface area contributed by atoms with Crippen LogP contribution < -0.4 is 4.74 Å². The van der Waals surface area contributed by atoms with E-state index in [-0.39, 0.29) is 10.2 Å². The average Bonchev–Trinajstić information content (AvgIpc) is 2.95. The zero-order valence-electron chi connectivity index (χ0n) is 15.2. The number of thioether (sulfide) groups is 2. The van der Waals surface area contributed by atoms with E-state index in [9.17, 15) is 14.7 Å². The summed E-state index contributed by atoms with van der Waals surface area (Å²) in [5.74, 6) is -0.0691. The van der Waals surface area contributed by atoms with Crippen molar-refractivity contribution < 1.29 is 19.4 Å². The molecule has 0 spiro atoms. The van der Waals surface area contributed by atoms with Crippen LogP contribution in [-0.2, 0) is 9.59 Å². The molecule has 1 aromatic heterocycles. The number of carboxylic acid groups (broad SMARTS) is 1. The van der Waals surface area contributed by atoms with E-state index in [0.717, 1.165) is 28.4 Å². The number of aliphatic carboxylic acids is 1. The first kappa shape index (κ1) is 20.6. The van der Waals surface area contributed by atoms with Crippen molar-refractivity contribution in [2.75, 3.05) is 19.1 Å². The molecule has 1 atom stereocenters. The summed E-state index contributed by atoms with van der Waals surface area (Å²) in [7, 11) is 1.61. The number of hydrogen-bond donors (Lipinski definition) is 1. The van der Waals surface area contributed by atoms with Gasteiger partial charge in [0.05, 0.1) is 23.2 Å². The van der Waals surface area contributed by atoms with Crippen LogP contribution >= 0.6 is 35.7 Å². The van der Waals surface area contributed by atoms with Crippen molar-refractivity contribution >= 4 is 68.9 Å². The largest absolute Gasteiger partial charge is 0.497 e. The Balaban J connectivity index is 1.88. The number of carbonyl (C=O) groups excluding carboxylic acids is 1. The SMILES string of the molecule is COc1ccc2nc(/C=C3\SC(=S)N([C@H](CCSC)C(=O)O)C3=O)ccc2c1. The van der Waals surface area contributed by atoms with Gasteiger partial charge in [0.25, 0.3) is 5.91 Å². The molecule has 2 aromatic rings. The number of carboxylic acids is 1. The van der Waals surface area contributed by atoms with Crippen LogP contribution in [0.4, 0.5) is 0 Å². The Hall–Kier alpha value is -2.10. The van der Waals surface area contributed by atoms with Crippen molar-refractivity contribution in [1.29, 1.82) is 0 Å². The molecule has 1 aromatic carbocycles. The first-order chi connectivity index (χ1) is 13.4. The second-order valence-electron chi connectivity index (χ2n) is 5.98. The molecule has 1 fully saturated rings. The van der Waals surface area contributed by atoms with Gasteiger partial charge in [-0.1, -0.05) is 30.0 Å². The van der Waals surface area contributed by atoms with E-state index >= 15 is 0 Å². The number of amides is 1. The molecule has 28 heavy (non-hydrogen) atoms. The Morgan fingerprint density at radius 1 is 1.43 bits per heavy atom. The Bertz CT molecular complexity index is 977. The maximum atomic E-state index is 12.8. The van der Waals surface area contributed by atoms with E-state index in [1.165, 1.54) is 16.7 Å². The van der Waals surface area contributed by atoms with E-state index in [0.29, 0.717) is 22.8 Å². The topological polar surface area (TPSA) is 79.7 Å². The van der Waals surface area contributed by atoms with Gasteiger partial charge in [0.1, 0.15) is 16.1 Å². The minimum Gasteiger partial charge on any atom is -0.497 e. The Labute approximate surface area is 176 Å². The highest BCUT2D eigenvalue weighted by Gasteiger charge is 2.40. The number of hydrogen-bond acceptors (Lipinski definition) is 7. The monoisotopic (exact) mass is 434 g/mol. The number of rotatable bonds is 7. The minimum atomic E-state index is -1.05. The quantitative estimate of drug-likeness (QED) is 0.523. The summed E-state index contributed by atoms with van der Waals surface area (Å²) in [5, 5.41) is 10.4. The highest BCUT2D eigenvalue weighted by Crippen LogP contribution is 2.35. The van der Waals surface area contributed by atoms with Crippen LogP contribution in [0.25, 0.3) is 17.0 Å². The van der Waals surface area contributed by atoms with Gasteiger partial charge >= 0.3 is 5.97 Å². The molecule has 1 amide bonds. The van der Waals surface area contributed by atoms with E-state index in [1.54, 1.807) is 19.3 Å². The lowest BCUT2D eigenvalue weighted by Crippen LogP contribution is -2.44. The maximum absolute atomic E-state index is 12.8. The Morgan fingerprint density at radius 3 is 2.89 bits per heavy atom. The number of ether oxygens (including phenoxy) is 1. The van der Waals surface area contributed by atoms with Gasteiger partial charge < -0.3 is 9.84 Å². The summed E-state index contributed by atoms with van der Waals surface area (Å²) >= 11 is 7.92. The number of pyridine rings is 1. The smallest absolute Gasteiger partial charge is 0.326 e. The summed E-state index contributed by atoms with van der Waals surface area (Å²) in [6, 6.07) is 8.30. The van der Waals surface area contributed by atoms with Crippen LogP contribution in [0.5, 0.6) is 5.75 Å². The molecule has 9 heteroatoms. The first-order valence-corrected chi connectivity index (χ1v) is 11.0. The molecule has 0 bridgehead atoms. The van der Waals surface area contributed by atoms with Gasteiger partial charge in [-0.25, -0.2) is 9.78 Å². The van der Waals surface area contributed by atoms with Gasteiger partial charge in [-0.15, -0.1) is 0 Å². The standard InChI is InChI=1S/C19H18N2O4S3/c1-25-13-5-6-14-11(9-13)3-4-12(20-14)10-16-17(22)21(19(26)28-16)15(18(23)24)7-8-27-2/h3-6,9-10,15H,7-8H2,1-2H3,(H,23,24)/b16-10-/t15-/m1/s1. The van der Waals surface area contributed by atoms with E-state index in [1.807, 2.05) is 30.5 Å². The van der Waals surface area contributed by atoms with Crippen molar-refractivity contribution in [2.24, 2.45) is 0 Å². The maximum Gasteiger partial charge on any atom is 0.326 e.